The molecule has 2 aromatic carbocycles. The molecular formula is C30H36N6O4. The van der Waals surface area contributed by atoms with Crippen molar-refractivity contribution in [1.29, 1.82) is 0 Å². The van der Waals surface area contributed by atoms with E-state index in [2.05, 4.69) is 25.8 Å². The second-order valence-corrected chi connectivity index (χ2v) is 9.54. The number of carbonyl (C=O) groups excluding carboxylic acids is 3. The van der Waals surface area contributed by atoms with Crippen LogP contribution < -0.4 is 21.7 Å². The molecule has 0 spiro atoms. The number of piperidine rings is 1. The number of anilines is 1. The van der Waals surface area contributed by atoms with Crippen LogP contribution in [-0.2, 0) is 4.74 Å². The van der Waals surface area contributed by atoms with Crippen molar-refractivity contribution in [3.8, 4) is 11.1 Å². The zero-order valence-corrected chi connectivity index (χ0v) is 22.5. The Morgan fingerprint density at radius 2 is 1.62 bits per heavy atom. The Balaban J connectivity index is 1.15. The van der Waals surface area contributed by atoms with Crippen molar-refractivity contribution < 1.29 is 19.1 Å². The van der Waals surface area contributed by atoms with Crippen molar-refractivity contribution in [1.82, 2.24) is 20.5 Å². The number of hydrogen-bond acceptors (Lipinski definition) is 8. The summed E-state index contributed by atoms with van der Waals surface area (Å²) in [5, 5.41) is 8.71. The normalized spacial score (nSPS) is 13.9. The topological polar surface area (TPSA) is 139 Å². The van der Waals surface area contributed by atoms with Gasteiger partial charge in [0.2, 0.25) is 0 Å². The van der Waals surface area contributed by atoms with E-state index in [1.165, 1.54) is 0 Å². The number of hydrogen-bond donors (Lipinski definition) is 4. The Bertz CT molecular complexity index is 1280. The summed E-state index contributed by atoms with van der Waals surface area (Å²) in [6, 6.07) is 22.4. The molecule has 3 aromatic rings. The Hall–Kier alpha value is -4.12. The Morgan fingerprint density at radius 1 is 0.900 bits per heavy atom. The maximum Gasteiger partial charge on any atom is 0.411 e. The number of likely N-dealkylation sites (tertiary alicyclic amines) is 1. The van der Waals surface area contributed by atoms with Crippen LogP contribution >= 0.6 is 0 Å². The molecule has 1 aliphatic rings. The number of ketones is 1. The third-order valence-corrected chi connectivity index (χ3v) is 6.64. The number of ether oxygens (including phenoxy) is 1. The van der Waals surface area contributed by atoms with Crippen molar-refractivity contribution in [2.24, 2.45) is 5.73 Å². The molecule has 5 N–H and O–H groups in total. The van der Waals surface area contributed by atoms with Gasteiger partial charge in [0, 0.05) is 44.8 Å². The molecule has 1 aliphatic heterocycles. The lowest BCUT2D eigenvalue weighted by Crippen LogP contribution is -2.42. The van der Waals surface area contributed by atoms with Crippen LogP contribution in [0.4, 0.5) is 10.5 Å². The molecule has 10 heteroatoms. The number of nitrogens with zero attached hydrogens (tertiary/aromatic N) is 2. The van der Waals surface area contributed by atoms with Gasteiger partial charge in [-0.05, 0) is 36.6 Å². The third-order valence-electron chi connectivity index (χ3n) is 6.64. The molecule has 10 nitrogen and oxygen atoms in total. The van der Waals surface area contributed by atoms with Crippen LogP contribution in [0.3, 0.4) is 0 Å². The highest BCUT2D eigenvalue weighted by molar-refractivity contribution is 5.98. The minimum absolute atomic E-state index is 0.130. The Morgan fingerprint density at radius 3 is 2.40 bits per heavy atom. The highest BCUT2D eigenvalue weighted by atomic mass is 16.6. The molecule has 2 heterocycles. The monoisotopic (exact) mass is 544 g/mol. The SMILES string of the molecule is NCCNC(=O)c1cccc(C(=O)CNCCN2CCC(OC(=O)Nc3ccccc3-c3ccccc3)CC2)n1. The molecule has 0 aliphatic carbocycles. The number of nitrogens with two attached hydrogens (primary N) is 1. The van der Waals surface area contributed by atoms with Gasteiger partial charge < -0.3 is 26.0 Å². The van der Waals surface area contributed by atoms with Gasteiger partial charge in [-0.1, -0.05) is 54.6 Å². The van der Waals surface area contributed by atoms with Gasteiger partial charge in [0.25, 0.3) is 5.91 Å². The van der Waals surface area contributed by atoms with Crippen molar-refractivity contribution in [2.45, 2.75) is 18.9 Å². The largest absolute Gasteiger partial charge is 0.446 e. The van der Waals surface area contributed by atoms with Gasteiger partial charge in [0.05, 0.1) is 12.2 Å². The molecule has 0 bridgehead atoms. The van der Waals surface area contributed by atoms with Gasteiger partial charge in [0.1, 0.15) is 17.5 Å². The summed E-state index contributed by atoms with van der Waals surface area (Å²) in [5.74, 6) is -0.532. The van der Waals surface area contributed by atoms with Crippen molar-refractivity contribution >= 4 is 23.5 Å². The Labute approximate surface area is 234 Å². The summed E-state index contributed by atoms with van der Waals surface area (Å²) in [5.41, 5.74) is 8.53. The quantitative estimate of drug-likeness (QED) is 0.202. The summed E-state index contributed by atoms with van der Waals surface area (Å²) in [6.07, 6.45) is 0.900. The lowest BCUT2D eigenvalue weighted by molar-refractivity contribution is 0.0593. The molecule has 1 saturated heterocycles. The predicted molar refractivity (Wildman–Crippen MR) is 154 cm³/mol. The van der Waals surface area contributed by atoms with Crippen LogP contribution in [-0.4, -0.2) is 79.6 Å². The Kier molecular flexibility index (Phi) is 10.7. The van der Waals surface area contributed by atoms with Crippen molar-refractivity contribution in [2.75, 3.05) is 51.1 Å². The van der Waals surface area contributed by atoms with E-state index < -0.39 is 6.09 Å². The summed E-state index contributed by atoms with van der Waals surface area (Å²) in [6.45, 7) is 3.81. The standard InChI is InChI=1S/C30H36N6O4/c31-15-16-33-29(38)27-12-6-11-26(34-27)28(37)21-32-17-20-36-18-13-23(14-19-36)40-30(39)35-25-10-5-4-9-24(25)22-7-2-1-3-8-22/h1-12,23,32H,13-21,31H2,(H,33,38)(H,35,39). The lowest BCUT2D eigenvalue weighted by Gasteiger charge is -2.31. The zero-order valence-electron chi connectivity index (χ0n) is 22.5. The molecular weight excluding hydrogens is 508 g/mol. The molecule has 1 aromatic heterocycles. The summed E-state index contributed by atoms with van der Waals surface area (Å²) < 4.78 is 5.71. The fourth-order valence-corrected chi connectivity index (χ4v) is 4.53. The first-order valence-electron chi connectivity index (χ1n) is 13.6. The van der Waals surface area contributed by atoms with E-state index in [4.69, 9.17) is 10.5 Å². The van der Waals surface area contributed by atoms with E-state index in [1.807, 2.05) is 54.6 Å². The molecule has 40 heavy (non-hydrogen) atoms. The second-order valence-electron chi connectivity index (χ2n) is 9.54. The molecule has 0 unspecified atom stereocenters. The number of para-hydroxylation sites is 1. The summed E-state index contributed by atoms with van der Waals surface area (Å²) in [7, 11) is 0. The predicted octanol–water partition coefficient (Wildman–Crippen LogP) is 2.92. The van der Waals surface area contributed by atoms with Crippen LogP contribution in [0, 0.1) is 0 Å². The molecule has 0 saturated carbocycles. The van der Waals surface area contributed by atoms with Gasteiger partial charge >= 0.3 is 6.09 Å². The average molecular weight is 545 g/mol. The molecule has 0 radical (unpaired) electrons. The fraction of sp³-hybridized carbons (Fsp3) is 0.333. The van der Waals surface area contributed by atoms with Crippen LogP contribution in [0.5, 0.6) is 0 Å². The number of carbonyl (C=O) groups is 3. The van der Waals surface area contributed by atoms with E-state index in [1.54, 1.807) is 18.2 Å². The number of aromatic nitrogens is 1. The van der Waals surface area contributed by atoms with Gasteiger partial charge in [-0.2, -0.15) is 0 Å². The van der Waals surface area contributed by atoms with E-state index in [9.17, 15) is 14.4 Å². The molecule has 1 fully saturated rings. The fourth-order valence-electron chi connectivity index (χ4n) is 4.53. The van der Waals surface area contributed by atoms with Crippen LogP contribution in [0.15, 0.2) is 72.8 Å². The van der Waals surface area contributed by atoms with Crippen molar-refractivity contribution in [3.05, 3.63) is 84.2 Å². The smallest absolute Gasteiger partial charge is 0.411 e. The molecule has 210 valence electrons. The minimum Gasteiger partial charge on any atom is -0.446 e. The maximum absolute atomic E-state index is 12.6. The van der Waals surface area contributed by atoms with Gasteiger partial charge in [-0.3, -0.25) is 14.9 Å². The lowest BCUT2D eigenvalue weighted by atomic mass is 10.0. The highest BCUT2D eigenvalue weighted by Gasteiger charge is 2.22. The maximum atomic E-state index is 12.6. The number of pyridine rings is 1. The number of amides is 2. The number of Topliss-reactive ketones (excluding diaryl/α,β-unsaturated/α-hetero) is 1. The minimum atomic E-state index is -0.448. The second kappa shape index (κ2) is 14.9. The number of rotatable bonds is 12. The van der Waals surface area contributed by atoms with Crippen LogP contribution in [0.25, 0.3) is 11.1 Å². The molecule has 4 rings (SSSR count). The third kappa shape index (κ3) is 8.44. The molecule has 0 atom stereocenters. The van der Waals surface area contributed by atoms with Gasteiger partial charge in [-0.15, -0.1) is 0 Å². The summed E-state index contributed by atoms with van der Waals surface area (Å²) >= 11 is 0. The number of nitrogens with one attached hydrogen (secondary N) is 3. The average Bonchev–Trinajstić information content (AvgIpc) is 2.99. The summed E-state index contributed by atoms with van der Waals surface area (Å²) in [4.78, 5) is 43.6. The van der Waals surface area contributed by atoms with Crippen molar-refractivity contribution in [3.63, 3.8) is 0 Å². The van der Waals surface area contributed by atoms with Gasteiger partial charge in [-0.25, -0.2) is 9.78 Å². The van der Waals surface area contributed by atoms with E-state index in [0.29, 0.717) is 25.3 Å². The first-order chi connectivity index (χ1) is 19.5. The van der Waals surface area contributed by atoms with E-state index >= 15 is 0 Å². The zero-order chi connectivity index (χ0) is 28.2. The number of benzene rings is 2. The van der Waals surface area contributed by atoms with Crippen LogP contribution in [0.1, 0.15) is 33.8 Å². The van der Waals surface area contributed by atoms with Crippen LogP contribution in [0.2, 0.25) is 0 Å². The molecule has 2 amide bonds. The van der Waals surface area contributed by atoms with E-state index in [-0.39, 0.29) is 35.7 Å². The first kappa shape index (κ1) is 28.9. The highest BCUT2D eigenvalue weighted by Crippen LogP contribution is 2.28. The van der Waals surface area contributed by atoms with E-state index in [0.717, 1.165) is 43.6 Å². The van der Waals surface area contributed by atoms with Gasteiger partial charge in [0.15, 0.2) is 5.78 Å². The first-order valence-corrected chi connectivity index (χ1v) is 13.6.